The van der Waals surface area contributed by atoms with Gasteiger partial charge in [-0.3, -0.25) is 4.90 Å². The Hall–Kier alpha value is 0.270. The number of morpholine rings is 1. The van der Waals surface area contributed by atoms with Crippen LogP contribution in [0.4, 0.5) is 0 Å². The number of ether oxygens (including phenoxy) is 1. The average Bonchev–Trinajstić information content (AvgIpc) is 2.25. The van der Waals surface area contributed by atoms with Crippen LogP contribution in [0.15, 0.2) is 0 Å². The third-order valence-electron chi connectivity index (χ3n) is 3.16. The lowest BCUT2D eigenvalue weighted by molar-refractivity contribution is -0.0560. The second-order valence-corrected chi connectivity index (χ2v) is 4.93. The Morgan fingerprint density at radius 3 is 2.80 bits per heavy atom. The molecule has 1 fully saturated rings. The highest BCUT2D eigenvalue weighted by Gasteiger charge is 2.24. The predicted octanol–water partition coefficient (Wildman–Crippen LogP) is 2.59. The fourth-order valence-electron chi connectivity index (χ4n) is 2.17. The van der Waals surface area contributed by atoms with Crippen molar-refractivity contribution in [2.24, 2.45) is 0 Å². The van der Waals surface area contributed by atoms with E-state index >= 15 is 0 Å². The van der Waals surface area contributed by atoms with Crippen molar-refractivity contribution < 1.29 is 4.74 Å². The van der Waals surface area contributed by atoms with E-state index in [0.29, 0.717) is 12.1 Å². The van der Waals surface area contributed by atoms with Gasteiger partial charge in [0.25, 0.3) is 0 Å². The van der Waals surface area contributed by atoms with Crippen LogP contribution in [0.5, 0.6) is 0 Å². The van der Waals surface area contributed by atoms with Crippen molar-refractivity contribution in [2.75, 3.05) is 25.4 Å². The molecule has 0 aromatic heterocycles. The molecule has 0 N–H and O–H groups in total. The predicted molar refractivity (Wildman–Crippen MR) is 68.8 cm³/mol. The van der Waals surface area contributed by atoms with Gasteiger partial charge in [0, 0.05) is 12.6 Å². The van der Waals surface area contributed by atoms with Crippen molar-refractivity contribution in [3.8, 4) is 0 Å². The molecule has 1 aliphatic rings. The van der Waals surface area contributed by atoms with Crippen LogP contribution in [0, 0.1) is 0 Å². The lowest BCUT2D eigenvalue weighted by Gasteiger charge is -2.38. The SMILES string of the molecule is CCC1COC(C)CN1CCCCCS. The zero-order chi connectivity index (χ0) is 11.1. The van der Waals surface area contributed by atoms with Gasteiger partial charge in [-0.05, 0) is 38.5 Å². The third-order valence-corrected chi connectivity index (χ3v) is 3.47. The molecule has 3 heteroatoms. The topological polar surface area (TPSA) is 12.5 Å². The Morgan fingerprint density at radius 2 is 2.13 bits per heavy atom. The molecule has 1 heterocycles. The monoisotopic (exact) mass is 231 g/mol. The highest BCUT2D eigenvalue weighted by molar-refractivity contribution is 7.80. The number of thiol groups is 1. The molecule has 0 bridgehead atoms. The fraction of sp³-hybridized carbons (Fsp3) is 1.00. The molecule has 1 rings (SSSR count). The van der Waals surface area contributed by atoms with E-state index in [2.05, 4.69) is 31.4 Å². The van der Waals surface area contributed by atoms with Crippen LogP contribution in [0.2, 0.25) is 0 Å². The van der Waals surface area contributed by atoms with Crippen molar-refractivity contribution in [1.29, 1.82) is 0 Å². The van der Waals surface area contributed by atoms with E-state index in [0.717, 1.165) is 18.9 Å². The van der Waals surface area contributed by atoms with Crippen LogP contribution < -0.4 is 0 Å². The first-order chi connectivity index (χ1) is 7.27. The minimum Gasteiger partial charge on any atom is -0.376 e. The van der Waals surface area contributed by atoms with Crippen LogP contribution in [0.1, 0.15) is 39.5 Å². The van der Waals surface area contributed by atoms with E-state index in [4.69, 9.17) is 4.74 Å². The number of unbranched alkanes of at least 4 members (excludes halogenated alkanes) is 2. The Labute approximate surface area is 99.8 Å². The summed E-state index contributed by atoms with van der Waals surface area (Å²) in [7, 11) is 0. The Morgan fingerprint density at radius 1 is 1.33 bits per heavy atom. The average molecular weight is 231 g/mol. The van der Waals surface area contributed by atoms with Gasteiger partial charge in [-0.15, -0.1) is 0 Å². The molecule has 15 heavy (non-hydrogen) atoms. The van der Waals surface area contributed by atoms with Crippen molar-refractivity contribution in [3.05, 3.63) is 0 Å². The molecular formula is C12H25NOS. The van der Waals surface area contributed by atoms with Crippen molar-refractivity contribution in [3.63, 3.8) is 0 Å². The normalized spacial score (nSPS) is 28.2. The van der Waals surface area contributed by atoms with E-state index in [1.54, 1.807) is 0 Å². The minimum absolute atomic E-state index is 0.415. The fourth-order valence-corrected chi connectivity index (χ4v) is 2.39. The number of nitrogens with zero attached hydrogens (tertiary/aromatic N) is 1. The molecule has 2 atom stereocenters. The number of hydrogen-bond acceptors (Lipinski definition) is 3. The maximum absolute atomic E-state index is 5.69. The molecular weight excluding hydrogens is 206 g/mol. The van der Waals surface area contributed by atoms with Crippen LogP contribution in [-0.2, 0) is 4.74 Å². The molecule has 0 saturated carbocycles. The zero-order valence-corrected chi connectivity index (χ0v) is 11.0. The molecule has 0 aliphatic carbocycles. The largest absolute Gasteiger partial charge is 0.376 e. The molecule has 0 radical (unpaired) electrons. The highest BCUT2D eigenvalue weighted by Crippen LogP contribution is 2.15. The number of rotatable bonds is 6. The van der Waals surface area contributed by atoms with Crippen LogP contribution in [0.3, 0.4) is 0 Å². The molecule has 0 aromatic rings. The summed E-state index contributed by atoms with van der Waals surface area (Å²) in [6.07, 6.45) is 5.49. The van der Waals surface area contributed by atoms with E-state index in [1.165, 1.54) is 32.2 Å². The minimum atomic E-state index is 0.415. The molecule has 0 spiro atoms. The molecule has 90 valence electrons. The summed E-state index contributed by atoms with van der Waals surface area (Å²) in [5.41, 5.74) is 0. The van der Waals surface area contributed by atoms with Crippen LogP contribution in [-0.4, -0.2) is 42.5 Å². The summed E-state index contributed by atoms with van der Waals surface area (Å²) in [4.78, 5) is 2.60. The molecule has 1 aliphatic heterocycles. The zero-order valence-electron chi connectivity index (χ0n) is 10.1. The third kappa shape index (κ3) is 4.75. The van der Waals surface area contributed by atoms with Gasteiger partial charge >= 0.3 is 0 Å². The lowest BCUT2D eigenvalue weighted by atomic mass is 10.1. The van der Waals surface area contributed by atoms with E-state index in [9.17, 15) is 0 Å². The Bertz CT molecular complexity index is 166. The highest BCUT2D eigenvalue weighted by atomic mass is 32.1. The van der Waals surface area contributed by atoms with Crippen molar-refractivity contribution in [2.45, 2.75) is 51.7 Å². The summed E-state index contributed by atoms with van der Waals surface area (Å²) in [6.45, 7) is 7.70. The Kier molecular flexibility index (Phi) is 6.69. The first-order valence-corrected chi connectivity index (χ1v) is 6.87. The van der Waals surface area contributed by atoms with Gasteiger partial charge < -0.3 is 4.74 Å². The lowest BCUT2D eigenvalue weighted by Crippen LogP contribution is -2.48. The standard InChI is InChI=1S/C12H25NOS/c1-3-12-10-14-11(2)9-13(12)7-5-4-6-8-15/h11-12,15H,3-10H2,1-2H3. The summed E-state index contributed by atoms with van der Waals surface area (Å²) in [5.74, 6) is 1.02. The summed E-state index contributed by atoms with van der Waals surface area (Å²) >= 11 is 4.24. The smallest absolute Gasteiger partial charge is 0.0674 e. The molecule has 0 amide bonds. The first kappa shape index (κ1) is 13.3. The van der Waals surface area contributed by atoms with E-state index < -0.39 is 0 Å². The van der Waals surface area contributed by atoms with Gasteiger partial charge in [-0.1, -0.05) is 13.3 Å². The molecule has 2 nitrogen and oxygen atoms in total. The maximum atomic E-state index is 5.69. The second-order valence-electron chi connectivity index (χ2n) is 4.49. The Balaban J connectivity index is 2.22. The van der Waals surface area contributed by atoms with Crippen LogP contribution in [0.25, 0.3) is 0 Å². The van der Waals surface area contributed by atoms with E-state index in [1.807, 2.05) is 0 Å². The van der Waals surface area contributed by atoms with Gasteiger partial charge in [0.05, 0.1) is 12.7 Å². The summed E-state index contributed by atoms with van der Waals surface area (Å²) in [5, 5.41) is 0. The maximum Gasteiger partial charge on any atom is 0.0674 e. The van der Waals surface area contributed by atoms with Crippen molar-refractivity contribution in [1.82, 2.24) is 4.90 Å². The van der Waals surface area contributed by atoms with Gasteiger partial charge in [0.15, 0.2) is 0 Å². The van der Waals surface area contributed by atoms with Crippen LogP contribution >= 0.6 is 12.6 Å². The van der Waals surface area contributed by atoms with Gasteiger partial charge in [-0.25, -0.2) is 0 Å². The van der Waals surface area contributed by atoms with Gasteiger partial charge in [-0.2, -0.15) is 12.6 Å². The molecule has 2 unspecified atom stereocenters. The summed E-state index contributed by atoms with van der Waals surface area (Å²) < 4.78 is 5.69. The summed E-state index contributed by atoms with van der Waals surface area (Å²) in [6, 6.07) is 0.650. The van der Waals surface area contributed by atoms with Crippen molar-refractivity contribution >= 4 is 12.6 Å². The van der Waals surface area contributed by atoms with E-state index in [-0.39, 0.29) is 0 Å². The molecule has 1 saturated heterocycles. The molecule has 0 aromatic carbocycles. The first-order valence-electron chi connectivity index (χ1n) is 6.24. The quantitative estimate of drug-likeness (QED) is 0.557. The second kappa shape index (κ2) is 7.53. The van der Waals surface area contributed by atoms with Gasteiger partial charge in [0.2, 0.25) is 0 Å². The van der Waals surface area contributed by atoms with Gasteiger partial charge in [0.1, 0.15) is 0 Å². The number of hydrogen-bond donors (Lipinski definition) is 1.